The molecule has 0 aliphatic carbocycles. The average Bonchev–Trinajstić information content (AvgIpc) is 2.38. The fourth-order valence-corrected chi connectivity index (χ4v) is 1.50. The lowest BCUT2D eigenvalue weighted by atomic mass is 9.98. The van der Waals surface area contributed by atoms with Gasteiger partial charge >= 0.3 is 0 Å². The van der Waals surface area contributed by atoms with E-state index in [0.29, 0.717) is 16.8 Å². The van der Waals surface area contributed by atoms with Crippen molar-refractivity contribution in [1.82, 2.24) is 0 Å². The Labute approximate surface area is 104 Å². The zero-order valence-corrected chi connectivity index (χ0v) is 9.56. The number of benzene rings is 1. The summed E-state index contributed by atoms with van der Waals surface area (Å²) in [6, 6.07) is 6.38. The van der Waals surface area contributed by atoms with Gasteiger partial charge in [-0.15, -0.1) is 0 Å². The maximum atomic E-state index is 9.91. The Morgan fingerprint density at radius 2 is 2.22 bits per heavy atom. The second kappa shape index (κ2) is 6.47. The van der Waals surface area contributed by atoms with E-state index in [0.717, 1.165) is 0 Å². The van der Waals surface area contributed by atoms with Crippen molar-refractivity contribution in [2.75, 3.05) is 12.3 Å². The van der Waals surface area contributed by atoms with Crippen molar-refractivity contribution in [1.29, 1.82) is 5.26 Å². The largest absolute Gasteiger partial charge is 0.398 e. The summed E-state index contributed by atoms with van der Waals surface area (Å²) in [7, 11) is 0. The molecule has 7 heteroatoms. The maximum absolute atomic E-state index is 9.91. The van der Waals surface area contributed by atoms with Crippen LogP contribution < -0.4 is 5.73 Å². The summed E-state index contributed by atoms with van der Waals surface area (Å²) in [6.45, 7) is 0.0760. The fraction of sp³-hybridized carbons (Fsp3) is 0.364. The Bertz CT molecular complexity index is 505. The molecule has 2 atom stereocenters. The molecule has 94 valence electrons. The van der Waals surface area contributed by atoms with Crippen molar-refractivity contribution < 1.29 is 10.2 Å². The van der Waals surface area contributed by atoms with E-state index in [9.17, 15) is 10.2 Å². The molecule has 1 aromatic rings. The summed E-state index contributed by atoms with van der Waals surface area (Å²) in [6.07, 6.45) is -2.21. The van der Waals surface area contributed by atoms with Gasteiger partial charge in [-0.25, -0.2) is 0 Å². The second-order valence-electron chi connectivity index (χ2n) is 3.71. The molecule has 0 spiro atoms. The van der Waals surface area contributed by atoms with E-state index in [2.05, 4.69) is 10.0 Å². The van der Waals surface area contributed by atoms with Gasteiger partial charge in [0.15, 0.2) is 0 Å². The highest BCUT2D eigenvalue weighted by Crippen LogP contribution is 2.25. The number of nitriles is 1. The first-order chi connectivity index (χ1) is 8.60. The van der Waals surface area contributed by atoms with Gasteiger partial charge in [-0.2, -0.15) is 5.26 Å². The minimum Gasteiger partial charge on any atom is -0.398 e. The average molecular weight is 247 g/mol. The SMILES string of the molecule is N#Cc1ccc(N)c(C(O)C(O)CCN=[N+]=[N-])c1. The van der Waals surface area contributed by atoms with E-state index in [-0.39, 0.29) is 13.0 Å². The molecule has 1 rings (SSSR count). The van der Waals surface area contributed by atoms with Gasteiger partial charge in [0.2, 0.25) is 0 Å². The number of nitrogen functional groups attached to an aromatic ring is 1. The monoisotopic (exact) mass is 247 g/mol. The van der Waals surface area contributed by atoms with Gasteiger partial charge in [0.25, 0.3) is 0 Å². The lowest BCUT2D eigenvalue weighted by Crippen LogP contribution is -2.20. The minimum absolute atomic E-state index is 0.0760. The predicted octanol–water partition coefficient (Wildman–Crippen LogP) is 1.24. The summed E-state index contributed by atoms with van der Waals surface area (Å²) in [4.78, 5) is 2.55. The molecule has 2 unspecified atom stereocenters. The molecule has 18 heavy (non-hydrogen) atoms. The molecule has 7 nitrogen and oxygen atoms in total. The van der Waals surface area contributed by atoms with E-state index >= 15 is 0 Å². The fourth-order valence-electron chi connectivity index (χ4n) is 1.50. The van der Waals surface area contributed by atoms with Crippen LogP contribution >= 0.6 is 0 Å². The first kappa shape index (κ1) is 13.8. The number of azide groups is 1. The number of anilines is 1. The third kappa shape index (κ3) is 3.37. The Morgan fingerprint density at radius 3 is 2.83 bits per heavy atom. The van der Waals surface area contributed by atoms with Gasteiger partial charge in [0.1, 0.15) is 6.10 Å². The van der Waals surface area contributed by atoms with Crippen LogP contribution in [0.3, 0.4) is 0 Å². The highest BCUT2D eigenvalue weighted by Gasteiger charge is 2.20. The van der Waals surface area contributed by atoms with E-state index < -0.39 is 12.2 Å². The van der Waals surface area contributed by atoms with Crippen LogP contribution in [0.2, 0.25) is 0 Å². The van der Waals surface area contributed by atoms with Gasteiger partial charge in [-0.1, -0.05) is 5.11 Å². The Balaban J connectivity index is 2.85. The van der Waals surface area contributed by atoms with Crippen molar-refractivity contribution >= 4 is 5.69 Å². The van der Waals surface area contributed by atoms with Crippen LogP contribution in [0.4, 0.5) is 5.69 Å². The quantitative estimate of drug-likeness (QED) is 0.311. The number of aliphatic hydroxyl groups excluding tert-OH is 2. The molecule has 0 heterocycles. The van der Waals surface area contributed by atoms with Crippen molar-refractivity contribution in [3.8, 4) is 6.07 Å². The Hall–Kier alpha value is -2.26. The zero-order valence-electron chi connectivity index (χ0n) is 9.56. The Morgan fingerprint density at radius 1 is 1.50 bits per heavy atom. The molecule has 0 bridgehead atoms. The smallest absolute Gasteiger partial charge is 0.107 e. The number of nitrogens with zero attached hydrogens (tertiary/aromatic N) is 4. The number of hydrogen-bond acceptors (Lipinski definition) is 5. The normalized spacial score (nSPS) is 13.2. The molecular formula is C11H13N5O2. The highest BCUT2D eigenvalue weighted by atomic mass is 16.3. The van der Waals surface area contributed by atoms with E-state index in [1.54, 1.807) is 0 Å². The molecule has 4 N–H and O–H groups in total. The van der Waals surface area contributed by atoms with Gasteiger partial charge in [-0.3, -0.25) is 0 Å². The molecule has 0 saturated carbocycles. The molecule has 0 radical (unpaired) electrons. The van der Waals surface area contributed by atoms with Crippen molar-refractivity contribution in [2.24, 2.45) is 5.11 Å². The standard InChI is InChI=1S/C11H13N5O2/c12-6-7-1-2-9(13)8(5-7)11(18)10(17)3-4-15-16-14/h1-2,5,10-11,17-18H,3-4,13H2. The number of rotatable bonds is 5. The predicted molar refractivity (Wildman–Crippen MR) is 65.2 cm³/mol. The molecular weight excluding hydrogens is 234 g/mol. The number of nitrogens with two attached hydrogens (primary N) is 1. The van der Waals surface area contributed by atoms with Crippen molar-refractivity contribution in [3.05, 3.63) is 39.8 Å². The molecule has 0 amide bonds. The third-order valence-electron chi connectivity index (χ3n) is 2.49. The van der Waals surface area contributed by atoms with Crippen LogP contribution in [0.15, 0.2) is 23.3 Å². The van der Waals surface area contributed by atoms with Crippen LogP contribution in [0.5, 0.6) is 0 Å². The van der Waals surface area contributed by atoms with Crippen molar-refractivity contribution in [2.45, 2.75) is 18.6 Å². The number of hydrogen-bond donors (Lipinski definition) is 3. The highest BCUT2D eigenvalue weighted by molar-refractivity contribution is 5.52. The van der Waals surface area contributed by atoms with Gasteiger partial charge in [0.05, 0.1) is 17.7 Å². The number of aliphatic hydroxyl groups is 2. The van der Waals surface area contributed by atoms with Crippen LogP contribution in [-0.2, 0) is 0 Å². The topological polar surface area (TPSA) is 139 Å². The lowest BCUT2D eigenvalue weighted by Gasteiger charge is -2.19. The minimum atomic E-state index is -1.22. The molecule has 0 aliphatic rings. The first-order valence-electron chi connectivity index (χ1n) is 5.26. The van der Waals surface area contributed by atoms with E-state index in [1.807, 2.05) is 6.07 Å². The second-order valence-corrected chi connectivity index (χ2v) is 3.71. The molecule has 1 aromatic carbocycles. The third-order valence-corrected chi connectivity index (χ3v) is 2.49. The Kier molecular flexibility index (Phi) is 4.96. The maximum Gasteiger partial charge on any atom is 0.107 e. The zero-order chi connectivity index (χ0) is 13.5. The lowest BCUT2D eigenvalue weighted by molar-refractivity contribution is 0.0154. The van der Waals surface area contributed by atoms with Gasteiger partial charge in [0, 0.05) is 22.7 Å². The molecule has 0 aromatic heterocycles. The van der Waals surface area contributed by atoms with E-state index in [4.69, 9.17) is 16.5 Å². The van der Waals surface area contributed by atoms with Crippen molar-refractivity contribution in [3.63, 3.8) is 0 Å². The van der Waals surface area contributed by atoms with Gasteiger partial charge in [-0.05, 0) is 30.2 Å². The summed E-state index contributed by atoms with van der Waals surface area (Å²) in [5.41, 5.74) is 14.7. The van der Waals surface area contributed by atoms with Crippen LogP contribution in [0, 0.1) is 11.3 Å². The molecule has 0 fully saturated rings. The molecule has 0 saturated heterocycles. The van der Waals surface area contributed by atoms with Crippen LogP contribution in [-0.4, -0.2) is 22.9 Å². The summed E-state index contributed by atoms with van der Waals surface area (Å²) in [5.74, 6) is 0. The summed E-state index contributed by atoms with van der Waals surface area (Å²) in [5, 5.41) is 31.7. The van der Waals surface area contributed by atoms with Gasteiger partial charge < -0.3 is 15.9 Å². The van der Waals surface area contributed by atoms with Crippen LogP contribution in [0.1, 0.15) is 23.7 Å². The summed E-state index contributed by atoms with van der Waals surface area (Å²) >= 11 is 0. The first-order valence-corrected chi connectivity index (χ1v) is 5.26. The summed E-state index contributed by atoms with van der Waals surface area (Å²) < 4.78 is 0. The van der Waals surface area contributed by atoms with Crippen LogP contribution in [0.25, 0.3) is 10.4 Å². The van der Waals surface area contributed by atoms with E-state index in [1.165, 1.54) is 18.2 Å². The molecule has 0 aliphatic heterocycles.